The molecule has 0 spiro atoms. The van der Waals surface area contributed by atoms with Gasteiger partial charge in [0, 0.05) is 18.9 Å². The first-order chi connectivity index (χ1) is 6.93. The van der Waals surface area contributed by atoms with Crippen LogP contribution in [0.15, 0.2) is 31.1 Å². The molecule has 0 radical (unpaired) electrons. The van der Waals surface area contributed by atoms with Crippen molar-refractivity contribution in [2.75, 3.05) is 13.1 Å². The van der Waals surface area contributed by atoms with Gasteiger partial charge in [-0.25, -0.2) is 0 Å². The minimum Gasteiger partial charge on any atom is -0.317 e. The summed E-state index contributed by atoms with van der Waals surface area (Å²) < 4.78 is 1.96. The predicted molar refractivity (Wildman–Crippen MR) is 59.1 cm³/mol. The van der Waals surface area contributed by atoms with Gasteiger partial charge < -0.3 is 5.32 Å². The second-order valence-electron chi connectivity index (χ2n) is 3.30. The maximum atomic E-state index is 4.14. The van der Waals surface area contributed by atoms with E-state index in [1.807, 2.05) is 29.2 Å². The van der Waals surface area contributed by atoms with Crippen molar-refractivity contribution >= 4 is 0 Å². The number of hydrogen-bond donors (Lipinski definition) is 1. The molecule has 1 heterocycles. The highest BCUT2D eigenvalue weighted by Gasteiger charge is 1.90. The molecule has 0 saturated carbocycles. The van der Waals surface area contributed by atoms with Crippen LogP contribution < -0.4 is 5.32 Å². The zero-order valence-electron chi connectivity index (χ0n) is 8.65. The minimum absolute atomic E-state index is 1.00. The number of hydrogen-bond acceptors (Lipinski definition) is 2. The third kappa shape index (κ3) is 4.82. The number of nitrogens with zero attached hydrogens (tertiary/aromatic N) is 2. The van der Waals surface area contributed by atoms with E-state index in [4.69, 9.17) is 0 Å². The average molecular weight is 193 g/mol. The Balaban J connectivity index is 1.87. The van der Waals surface area contributed by atoms with Crippen molar-refractivity contribution in [3.63, 3.8) is 0 Å². The van der Waals surface area contributed by atoms with E-state index < -0.39 is 0 Å². The Kier molecular flexibility index (Phi) is 5.75. The van der Waals surface area contributed by atoms with Crippen LogP contribution in [0.5, 0.6) is 0 Å². The van der Waals surface area contributed by atoms with E-state index in [-0.39, 0.29) is 0 Å². The number of nitrogens with one attached hydrogen (secondary N) is 1. The maximum Gasteiger partial charge on any atom is 0.0489 e. The summed E-state index contributed by atoms with van der Waals surface area (Å²) in [4.78, 5) is 0. The van der Waals surface area contributed by atoms with Crippen LogP contribution in [0, 0.1) is 0 Å². The Morgan fingerprint density at radius 2 is 2.21 bits per heavy atom. The fraction of sp³-hybridized carbons (Fsp3) is 0.545. The Bertz CT molecular complexity index is 229. The predicted octanol–water partition coefficient (Wildman–Crippen LogP) is 1.83. The second kappa shape index (κ2) is 7.33. The van der Waals surface area contributed by atoms with Gasteiger partial charge in [0.15, 0.2) is 0 Å². The number of rotatable bonds is 8. The van der Waals surface area contributed by atoms with E-state index in [9.17, 15) is 0 Å². The fourth-order valence-corrected chi connectivity index (χ4v) is 1.30. The van der Waals surface area contributed by atoms with Crippen molar-refractivity contribution in [3.05, 3.63) is 31.1 Å². The van der Waals surface area contributed by atoms with Gasteiger partial charge in [-0.15, -0.1) is 6.58 Å². The SMILES string of the molecule is C=CCCCNCCCn1cccn1. The molecule has 0 aromatic carbocycles. The molecule has 78 valence electrons. The molecule has 0 unspecified atom stereocenters. The first-order valence-electron chi connectivity index (χ1n) is 5.22. The lowest BCUT2D eigenvalue weighted by Crippen LogP contribution is -2.18. The Hall–Kier alpha value is -1.09. The van der Waals surface area contributed by atoms with Gasteiger partial charge >= 0.3 is 0 Å². The molecule has 0 fully saturated rings. The van der Waals surface area contributed by atoms with Gasteiger partial charge in [-0.05, 0) is 38.4 Å². The van der Waals surface area contributed by atoms with E-state index in [1.165, 1.54) is 6.42 Å². The van der Waals surface area contributed by atoms with Crippen LogP contribution in [-0.2, 0) is 6.54 Å². The highest BCUT2D eigenvalue weighted by molar-refractivity contribution is 4.77. The Morgan fingerprint density at radius 1 is 1.36 bits per heavy atom. The molecule has 1 N–H and O–H groups in total. The van der Waals surface area contributed by atoms with Crippen LogP contribution in [-0.4, -0.2) is 22.9 Å². The third-order valence-electron chi connectivity index (χ3n) is 2.06. The van der Waals surface area contributed by atoms with Crippen LogP contribution in [0.25, 0.3) is 0 Å². The lowest BCUT2D eigenvalue weighted by molar-refractivity contribution is 0.539. The number of allylic oxidation sites excluding steroid dienone is 1. The molecule has 1 aromatic heterocycles. The third-order valence-corrected chi connectivity index (χ3v) is 2.06. The molecule has 1 aromatic rings. The van der Waals surface area contributed by atoms with Crippen LogP contribution in [0.2, 0.25) is 0 Å². The first kappa shape index (κ1) is 11.0. The molecule has 0 aliphatic heterocycles. The summed E-state index contributed by atoms with van der Waals surface area (Å²) in [5, 5.41) is 7.53. The molecule has 3 nitrogen and oxygen atoms in total. The summed E-state index contributed by atoms with van der Waals surface area (Å²) in [6.45, 7) is 6.85. The van der Waals surface area contributed by atoms with E-state index in [2.05, 4.69) is 17.0 Å². The van der Waals surface area contributed by atoms with Crippen LogP contribution >= 0.6 is 0 Å². The van der Waals surface area contributed by atoms with Gasteiger partial charge in [0.25, 0.3) is 0 Å². The minimum atomic E-state index is 1.00. The van der Waals surface area contributed by atoms with Crippen molar-refractivity contribution < 1.29 is 0 Å². The fourth-order valence-electron chi connectivity index (χ4n) is 1.30. The molecule has 0 bridgehead atoms. The van der Waals surface area contributed by atoms with E-state index in [0.29, 0.717) is 0 Å². The molecule has 0 aliphatic rings. The zero-order chi connectivity index (χ0) is 10.1. The van der Waals surface area contributed by atoms with Gasteiger partial charge in [0.2, 0.25) is 0 Å². The first-order valence-corrected chi connectivity index (χ1v) is 5.22. The quantitative estimate of drug-likeness (QED) is 0.504. The highest BCUT2D eigenvalue weighted by Crippen LogP contribution is 1.89. The average Bonchev–Trinajstić information content (AvgIpc) is 2.69. The van der Waals surface area contributed by atoms with Crippen LogP contribution in [0.4, 0.5) is 0 Å². The summed E-state index contributed by atoms with van der Waals surface area (Å²) in [6.07, 6.45) is 9.20. The molecule has 0 saturated heterocycles. The summed E-state index contributed by atoms with van der Waals surface area (Å²) >= 11 is 0. The lowest BCUT2D eigenvalue weighted by atomic mass is 10.3. The summed E-state index contributed by atoms with van der Waals surface area (Å²) in [7, 11) is 0. The summed E-state index contributed by atoms with van der Waals surface area (Å²) in [5.74, 6) is 0. The van der Waals surface area contributed by atoms with E-state index in [1.54, 1.807) is 0 Å². The lowest BCUT2D eigenvalue weighted by Gasteiger charge is -2.03. The molecule has 0 aliphatic carbocycles. The normalized spacial score (nSPS) is 10.3. The Labute approximate surface area is 85.8 Å². The molecule has 0 atom stereocenters. The number of aryl methyl sites for hydroxylation is 1. The summed E-state index contributed by atoms with van der Waals surface area (Å²) in [6, 6.07) is 1.96. The summed E-state index contributed by atoms with van der Waals surface area (Å²) in [5.41, 5.74) is 0. The Morgan fingerprint density at radius 3 is 2.93 bits per heavy atom. The van der Waals surface area contributed by atoms with Gasteiger partial charge in [-0.3, -0.25) is 4.68 Å². The van der Waals surface area contributed by atoms with Crippen LogP contribution in [0.3, 0.4) is 0 Å². The molecular weight excluding hydrogens is 174 g/mol. The van der Waals surface area contributed by atoms with Gasteiger partial charge in [0.1, 0.15) is 0 Å². The zero-order valence-corrected chi connectivity index (χ0v) is 8.65. The van der Waals surface area contributed by atoms with Gasteiger partial charge in [0.05, 0.1) is 0 Å². The number of aromatic nitrogens is 2. The molecule has 1 rings (SSSR count). The van der Waals surface area contributed by atoms with Crippen molar-refractivity contribution in [1.29, 1.82) is 0 Å². The molecule has 3 heteroatoms. The van der Waals surface area contributed by atoms with Crippen molar-refractivity contribution in [2.24, 2.45) is 0 Å². The number of unbranched alkanes of at least 4 members (excludes halogenated alkanes) is 1. The monoisotopic (exact) mass is 193 g/mol. The maximum absolute atomic E-state index is 4.14. The van der Waals surface area contributed by atoms with Crippen LogP contribution in [0.1, 0.15) is 19.3 Å². The molecule has 0 amide bonds. The molecular formula is C11H19N3. The van der Waals surface area contributed by atoms with Crippen molar-refractivity contribution in [3.8, 4) is 0 Å². The largest absolute Gasteiger partial charge is 0.317 e. The smallest absolute Gasteiger partial charge is 0.0489 e. The standard InChI is InChI=1S/C11H19N3/c1-2-3-4-7-12-8-5-10-14-11-6-9-13-14/h2,6,9,11-12H,1,3-5,7-8,10H2. The van der Waals surface area contributed by atoms with E-state index in [0.717, 1.165) is 32.5 Å². The van der Waals surface area contributed by atoms with E-state index >= 15 is 0 Å². The van der Waals surface area contributed by atoms with Crippen molar-refractivity contribution in [2.45, 2.75) is 25.8 Å². The molecule has 14 heavy (non-hydrogen) atoms. The van der Waals surface area contributed by atoms with Gasteiger partial charge in [-0.2, -0.15) is 5.10 Å². The highest BCUT2D eigenvalue weighted by atomic mass is 15.3. The van der Waals surface area contributed by atoms with Gasteiger partial charge in [-0.1, -0.05) is 6.08 Å². The second-order valence-corrected chi connectivity index (χ2v) is 3.30. The van der Waals surface area contributed by atoms with Crippen molar-refractivity contribution in [1.82, 2.24) is 15.1 Å². The topological polar surface area (TPSA) is 29.9 Å².